The lowest BCUT2D eigenvalue weighted by molar-refractivity contribution is -0.111. The summed E-state index contributed by atoms with van der Waals surface area (Å²) < 4.78 is 21.0. The number of amides is 1. The zero-order valence-corrected chi connectivity index (χ0v) is 15.6. The van der Waals surface area contributed by atoms with Crippen LogP contribution in [0, 0.1) is 6.92 Å². The van der Waals surface area contributed by atoms with Crippen molar-refractivity contribution in [1.82, 2.24) is 0 Å². The molecule has 2 rings (SSSR count). The summed E-state index contributed by atoms with van der Waals surface area (Å²) in [6, 6.07) is 8.94. The second-order valence-electron chi connectivity index (χ2n) is 5.49. The maximum absolute atomic E-state index is 12.3. The van der Waals surface area contributed by atoms with E-state index in [2.05, 4.69) is 5.32 Å². The molecule has 0 aliphatic heterocycles. The molecule has 0 radical (unpaired) electrons. The average Bonchev–Trinajstić information content (AvgIpc) is 2.67. The predicted octanol–water partition coefficient (Wildman–Crippen LogP) is 3.68. The summed E-state index contributed by atoms with van der Waals surface area (Å²) in [5.74, 6) is 2.21. The molecule has 26 heavy (non-hydrogen) atoms. The van der Waals surface area contributed by atoms with Crippen LogP contribution < -0.4 is 24.3 Å². The van der Waals surface area contributed by atoms with Crippen LogP contribution in [-0.2, 0) is 4.79 Å². The molecule has 6 heteroatoms. The number of rotatable bonds is 7. The van der Waals surface area contributed by atoms with Crippen molar-refractivity contribution in [3.05, 3.63) is 47.5 Å². The lowest BCUT2D eigenvalue weighted by atomic mass is 10.1. The molecule has 0 atom stereocenters. The molecule has 1 amide bonds. The summed E-state index contributed by atoms with van der Waals surface area (Å²) in [6.07, 6.45) is 3.14. The Hall–Kier alpha value is -3.15. The summed E-state index contributed by atoms with van der Waals surface area (Å²) in [5.41, 5.74) is 2.31. The fourth-order valence-corrected chi connectivity index (χ4v) is 2.39. The molecular formula is C20H23NO5. The molecule has 0 heterocycles. The molecule has 0 fully saturated rings. The first-order valence-electron chi connectivity index (χ1n) is 7.95. The third-order valence-corrected chi connectivity index (χ3v) is 3.79. The van der Waals surface area contributed by atoms with Crippen molar-refractivity contribution in [2.75, 3.05) is 33.8 Å². The van der Waals surface area contributed by atoms with Crippen LogP contribution in [0.5, 0.6) is 23.0 Å². The zero-order valence-electron chi connectivity index (χ0n) is 15.6. The molecule has 2 aromatic carbocycles. The van der Waals surface area contributed by atoms with E-state index in [0.717, 1.165) is 11.1 Å². The lowest BCUT2D eigenvalue weighted by Crippen LogP contribution is -2.09. The topological polar surface area (TPSA) is 66.0 Å². The number of ether oxygens (including phenoxy) is 4. The van der Waals surface area contributed by atoms with Crippen molar-refractivity contribution < 1.29 is 23.7 Å². The molecule has 0 aliphatic rings. The monoisotopic (exact) mass is 357 g/mol. The highest BCUT2D eigenvalue weighted by Crippen LogP contribution is 2.33. The van der Waals surface area contributed by atoms with E-state index < -0.39 is 0 Å². The van der Waals surface area contributed by atoms with E-state index in [1.54, 1.807) is 46.6 Å². The van der Waals surface area contributed by atoms with Gasteiger partial charge in [0.25, 0.3) is 0 Å². The fraction of sp³-hybridized carbons (Fsp3) is 0.250. The van der Waals surface area contributed by atoms with Crippen LogP contribution in [0.2, 0.25) is 0 Å². The number of benzene rings is 2. The van der Waals surface area contributed by atoms with E-state index in [1.165, 1.54) is 6.08 Å². The number of carbonyl (C=O) groups is 1. The van der Waals surface area contributed by atoms with Crippen molar-refractivity contribution in [3.63, 3.8) is 0 Å². The Morgan fingerprint density at radius 3 is 1.96 bits per heavy atom. The van der Waals surface area contributed by atoms with E-state index in [0.29, 0.717) is 28.7 Å². The number of methoxy groups -OCH3 is 4. The van der Waals surface area contributed by atoms with Gasteiger partial charge in [0.05, 0.1) is 28.4 Å². The van der Waals surface area contributed by atoms with E-state index in [-0.39, 0.29) is 5.91 Å². The molecule has 0 aromatic heterocycles. The summed E-state index contributed by atoms with van der Waals surface area (Å²) >= 11 is 0. The van der Waals surface area contributed by atoms with Gasteiger partial charge in [0.1, 0.15) is 11.5 Å². The van der Waals surface area contributed by atoms with Gasteiger partial charge in [-0.1, -0.05) is 0 Å². The van der Waals surface area contributed by atoms with Gasteiger partial charge in [0.2, 0.25) is 5.91 Å². The van der Waals surface area contributed by atoms with Gasteiger partial charge in [-0.15, -0.1) is 0 Å². The quantitative estimate of drug-likeness (QED) is 0.766. The van der Waals surface area contributed by atoms with E-state index in [4.69, 9.17) is 18.9 Å². The van der Waals surface area contributed by atoms with E-state index in [1.807, 2.05) is 25.1 Å². The Labute approximate surface area is 153 Å². The van der Waals surface area contributed by atoms with Crippen LogP contribution in [0.3, 0.4) is 0 Å². The Morgan fingerprint density at radius 1 is 0.846 bits per heavy atom. The Bertz CT molecular complexity index is 792. The number of hydrogen-bond donors (Lipinski definition) is 1. The molecule has 0 bridgehead atoms. The molecule has 0 saturated heterocycles. The smallest absolute Gasteiger partial charge is 0.248 e. The molecule has 138 valence electrons. The van der Waals surface area contributed by atoms with Gasteiger partial charge in [-0.05, 0) is 42.3 Å². The molecule has 0 saturated carbocycles. The van der Waals surface area contributed by atoms with Crippen molar-refractivity contribution in [2.45, 2.75) is 6.92 Å². The lowest BCUT2D eigenvalue weighted by Gasteiger charge is -2.12. The van der Waals surface area contributed by atoms with Gasteiger partial charge in [-0.25, -0.2) is 0 Å². The fourth-order valence-electron chi connectivity index (χ4n) is 2.39. The van der Waals surface area contributed by atoms with E-state index >= 15 is 0 Å². The van der Waals surface area contributed by atoms with Crippen molar-refractivity contribution in [3.8, 4) is 23.0 Å². The van der Waals surface area contributed by atoms with Crippen molar-refractivity contribution in [1.29, 1.82) is 0 Å². The minimum Gasteiger partial charge on any atom is -0.497 e. The third-order valence-electron chi connectivity index (χ3n) is 3.79. The second kappa shape index (κ2) is 8.80. The first-order chi connectivity index (χ1) is 12.5. The van der Waals surface area contributed by atoms with Crippen LogP contribution in [-0.4, -0.2) is 34.3 Å². The first kappa shape index (κ1) is 19.2. The summed E-state index contributed by atoms with van der Waals surface area (Å²) in [7, 11) is 6.28. The summed E-state index contributed by atoms with van der Waals surface area (Å²) in [6.45, 7) is 1.88. The molecule has 2 aromatic rings. The maximum atomic E-state index is 12.3. The molecule has 0 unspecified atom stereocenters. The highest BCUT2D eigenvalue weighted by molar-refractivity contribution is 6.02. The van der Waals surface area contributed by atoms with Crippen molar-refractivity contribution >= 4 is 17.7 Å². The average molecular weight is 357 g/mol. The summed E-state index contributed by atoms with van der Waals surface area (Å²) in [4.78, 5) is 12.3. The Balaban J connectivity index is 2.17. The van der Waals surface area contributed by atoms with Crippen molar-refractivity contribution in [2.24, 2.45) is 0 Å². The third kappa shape index (κ3) is 4.69. The standard InChI is InChI=1S/C20H23NO5/c1-13-8-18(25-4)19(26-5)12-17(13)21-20(22)7-6-14-9-15(23-2)11-16(10-14)24-3/h6-12H,1-5H3,(H,21,22)/b7-6+. The van der Waals surface area contributed by atoms with Crippen LogP contribution in [0.1, 0.15) is 11.1 Å². The first-order valence-corrected chi connectivity index (χ1v) is 7.95. The minimum atomic E-state index is -0.262. The van der Waals surface area contributed by atoms with Gasteiger partial charge in [-0.2, -0.15) is 0 Å². The highest BCUT2D eigenvalue weighted by atomic mass is 16.5. The molecule has 0 spiro atoms. The Morgan fingerprint density at radius 2 is 1.42 bits per heavy atom. The minimum absolute atomic E-state index is 0.262. The normalized spacial score (nSPS) is 10.5. The molecular weight excluding hydrogens is 334 g/mol. The second-order valence-corrected chi connectivity index (χ2v) is 5.49. The van der Waals surface area contributed by atoms with Gasteiger partial charge in [-0.3, -0.25) is 4.79 Å². The number of hydrogen-bond acceptors (Lipinski definition) is 5. The van der Waals surface area contributed by atoms with Crippen LogP contribution in [0.4, 0.5) is 5.69 Å². The van der Waals surface area contributed by atoms with Crippen LogP contribution in [0.25, 0.3) is 6.08 Å². The highest BCUT2D eigenvalue weighted by Gasteiger charge is 2.10. The number of nitrogens with one attached hydrogen (secondary N) is 1. The number of aryl methyl sites for hydroxylation is 1. The maximum Gasteiger partial charge on any atom is 0.248 e. The molecule has 6 nitrogen and oxygen atoms in total. The molecule has 1 N–H and O–H groups in total. The van der Waals surface area contributed by atoms with Gasteiger partial charge in [0.15, 0.2) is 11.5 Å². The van der Waals surface area contributed by atoms with Gasteiger partial charge in [0, 0.05) is 23.9 Å². The van der Waals surface area contributed by atoms with Gasteiger partial charge < -0.3 is 24.3 Å². The number of anilines is 1. The SMILES string of the molecule is COc1cc(/C=C/C(=O)Nc2cc(OC)c(OC)cc2C)cc(OC)c1. The zero-order chi connectivity index (χ0) is 19.1. The predicted molar refractivity (Wildman–Crippen MR) is 101 cm³/mol. The number of carbonyl (C=O) groups excluding carboxylic acids is 1. The summed E-state index contributed by atoms with van der Waals surface area (Å²) in [5, 5.41) is 2.84. The van der Waals surface area contributed by atoms with Gasteiger partial charge >= 0.3 is 0 Å². The Kier molecular flexibility index (Phi) is 6.49. The van der Waals surface area contributed by atoms with Crippen LogP contribution >= 0.6 is 0 Å². The largest absolute Gasteiger partial charge is 0.497 e. The van der Waals surface area contributed by atoms with Crippen LogP contribution in [0.15, 0.2) is 36.4 Å². The van der Waals surface area contributed by atoms with E-state index in [9.17, 15) is 4.79 Å². The molecule has 0 aliphatic carbocycles.